The van der Waals surface area contributed by atoms with Crippen LogP contribution in [0.15, 0.2) is 36.5 Å². The first-order valence-corrected chi connectivity index (χ1v) is 5.20. The van der Waals surface area contributed by atoms with Crippen molar-refractivity contribution in [3.8, 4) is 5.75 Å². The maximum Gasteiger partial charge on any atom is 0.229 e. The number of methoxy groups -OCH3 is 1. The molecule has 17 heavy (non-hydrogen) atoms. The van der Waals surface area contributed by atoms with Crippen LogP contribution in [0.2, 0.25) is 0 Å². The summed E-state index contributed by atoms with van der Waals surface area (Å²) in [7, 11) is 1.60. The minimum Gasteiger partial charge on any atom is -0.497 e. The number of rotatable bonds is 4. The second-order valence-corrected chi connectivity index (χ2v) is 3.55. The van der Waals surface area contributed by atoms with Crippen molar-refractivity contribution in [2.24, 2.45) is 0 Å². The van der Waals surface area contributed by atoms with Crippen LogP contribution in [0.1, 0.15) is 5.56 Å². The van der Waals surface area contributed by atoms with Crippen LogP contribution in [0.25, 0.3) is 0 Å². The molecule has 0 radical (unpaired) electrons. The highest BCUT2D eigenvalue weighted by atomic mass is 16.5. The van der Waals surface area contributed by atoms with E-state index in [0.29, 0.717) is 12.2 Å². The summed E-state index contributed by atoms with van der Waals surface area (Å²) >= 11 is 0. The number of hydrogen-bond donors (Lipinski definition) is 2. The summed E-state index contributed by atoms with van der Waals surface area (Å²) in [5.41, 5.74) is 0.904. The van der Waals surface area contributed by atoms with Crippen LogP contribution in [-0.4, -0.2) is 23.2 Å². The molecule has 0 bridgehead atoms. The fraction of sp³-hybridized carbons (Fsp3) is 0.167. The Morgan fingerprint density at radius 1 is 1.47 bits per heavy atom. The monoisotopic (exact) mass is 231 g/mol. The van der Waals surface area contributed by atoms with Gasteiger partial charge in [0.25, 0.3) is 0 Å². The number of H-pyrrole nitrogens is 1. The normalized spacial score (nSPS) is 9.94. The molecule has 1 amide bonds. The van der Waals surface area contributed by atoms with Gasteiger partial charge in [-0.2, -0.15) is 5.10 Å². The maximum atomic E-state index is 11.7. The maximum absolute atomic E-state index is 11.7. The summed E-state index contributed by atoms with van der Waals surface area (Å²) in [6.07, 6.45) is 1.89. The first-order chi connectivity index (χ1) is 8.28. The minimum atomic E-state index is -0.0949. The van der Waals surface area contributed by atoms with E-state index >= 15 is 0 Å². The highest BCUT2D eigenvalue weighted by molar-refractivity contribution is 5.91. The molecule has 0 saturated carbocycles. The third kappa shape index (κ3) is 3.07. The van der Waals surface area contributed by atoms with E-state index in [0.717, 1.165) is 11.3 Å². The highest BCUT2D eigenvalue weighted by Crippen LogP contribution is 2.13. The van der Waals surface area contributed by atoms with Crippen molar-refractivity contribution in [3.05, 3.63) is 42.1 Å². The van der Waals surface area contributed by atoms with Crippen LogP contribution in [0, 0.1) is 0 Å². The number of nitrogens with zero attached hydrogens (tertiary/aromatic N) is 1. The Morgan fingerprint density at radius 3 is 3.06 bits per heavy atom. The van der Waals surface area contributed by atoms with E-state index < -0.39 is 0 Å². The highest BCUT2D eigenvalue weighted by Gasteiger charge is 2.05. The standard InChI is InChI=1S/C12H13N3O2/c1-17-10-4-2-3-9(7-10)8-12(16)14-11-5-6-13-15-11/h2-7H,8H2,1H3,(H2,13,14,15,16). The lowest BCUT2D eigenvalue weighted by molar-refractivity contribution is -0.115. The molecular weight excluding hydrogens is 218 g/mol. The molecule has 2 N–H and O–H groups in total. The zero-order valence-corrected chi connectivity index (χ0v) is 9.43. The predicted molar refractivity (Wildman–Crippen MR) is 63.9 cm³/mol. The SMILES string of the molecule is COc1cccc(CC(=O)Nc2ccn[nH]2)c1. The number of amides is 1. The molecule has 0 unspecified atom stereocenters. The molecule has 0 saturated heterocycles. The molecule has 0 atom stereocenters. The van der Waals surface area contributed by atoms with Gasteiger partial charge in [-0.25, -0.2) is 0 Å². The molecule has 5 heteroatoms. The van der Waals surface area contributed by atoms with Gasteiger partial charge in [0.15, 0.2) is 0 Å². The molecule has 0 fully saturated rings. The molecule has 2 rings (SSSR count). The largest absolute Gasteiger partial charge is 0.497 e. The van der Waals surface area contributed by atoms with Crippen molar-refractivity contribution in [1.29, 1.82) is 0 Å². The summed E-state index contributed by atoms with van der Waals surface area (Å²) in [6.45, 7) is 0. The minimum absolute atomic E-state index is 0.0949. The van der Waals surface area contributed by atoms with Crippen molar-refractivity contribution in [2.45, 2.75) is 6.42 Å². The third-order valence-electron chi connectivity index (χ3n) is 2.27. The summed E-state index contributed by atoms with van der Waals surface area (Å²) < 4.78 is 5.09. The molecule has 5 nitrogen and oxygen atoms in total. The average Bonchev–Trinajstić information content (AvgIpc) is 2.82. The second kappa shape index (κ2) is 5.16. The van der Waals surface area contributed by atoms with Gasteiger partial charge in [0.05, 0.1) is 19.7 Å². The summed E-state index contributed by atoms with van der Waals surface area (Å²) in [5, 5.41) is 9.13. The number of hydrogen-bond acceptors (Lipinski definition) is 3. The lowest BCUT2D eigenvalue weighted by atomic mass is 10.1. The number of aromatic nitrogens is 2. The number of benzene rings is 1. The van der Waals surface area contributed by atoms with Crippen molar-refractivity contribution >= 4 is 11.7 Å². The molecule has 1 heterocycles. The van der Waals surface area contributed by atoms with E-state index in [1.165, 1.54) is 0 Å². The van der Waals surface area contributed by atoms with Gasteiger partial charge >= 0.3 is 0 Å². The fourth-order valence-corrected chi connectivity index (χ4v) is 1.49. The lowest BCUT2D eigenvalue weighted by Gasteiger charge is -2.04. The topological polar surface area (TPSA) is 67.0 Å². The van der Waals surface area contributed by atoms with E-state index in [1.807, 2.05) is 24.3 Å². The zero-order valence-electron chi connectivity index (χ0n) is 9.43. The molecule has 0 aliphatic carbocycles. The van der Waals surface area contributed by atoms with Crippen LogP contribution in [-0.2, 0) is 11.2 Å². The van der Waals surface area contributed by atoms with E-state index in [-0.39, 0.29) is 5.91 Å². The van der Waals surface area contributed by atoms with Crippen LogP contribution in [0.4, 0.5) is 5.82 Å². The smallest absolute Gasteiger partial charge is 0.229 e. The van der Waals surface area contributed by atoms with Crippen molar-refractivity contribution < 1.29 is 9.53 Å². The number of aromatic amines is 1. The predicted octanol–water partition coefficient (Wildman–Crippen LogP) is 1.60. The van der Waals surface area contributed by atoms with Gasteiger partial charge in [0, 0.05) is 6.07 Å². The Labute approximate surface area is 98.8 Å². The molecule has 88 valence electrons. The Morgan fingerprint density at radius 2 is 2.35 bits per heavy atom. The van der Waals surface area contributed by atoms with Gasteiger partial charge in [0.2, 0.25) is 5.91 Å². The van der Waals surface area contributed by atoms with Gasteiger partial charge in [-0.05, 0) is 17.7 Å². The van der Waals surface area contributed by atoms with E-state index in [2.05, 4.69) is 15.5 Å². The fourth-order valence-electron chi connectivity index (χ4n) is 1.49. The van der Waals surface area contributed by atoms with Crippen molar-refractivity contribution in [3.63, 3.8) is 0 Å². The summed E-state index contributed by atoms with van der Waals surface area (Å²) in [6, 6.07) is 9.12. The van der Waals surface area contributed by atoms with Gasteiger partial charge in [-0.15, -0.1) is 0 Å². The van der Waals surface area contributed by atoms with Gasteiger partial charge in [-0.3, -0.25) is 9.89 Å². The van der Waals surface area contributed by atoms with E-state index in [4.69, 9.17) is 4.74 Å². The van der Waals surface area contributed by atoms with Crippen LogP contribution in [0.5, 0.6) is 5.75 Å². The summed E-state index contributed by atoms with van der Waals surface area (Å²) in [4.78, 5) is 11.7. The zero-order chi connectivity index (χ0) is 12.1. The number of nitrogens with one attached hydrogen (secondary N) is 2. The van der Waals surface area contributed by atoms with E-state index in [9.17, 15) is 4.79 Å². The molecule has 1 aromatic heterocycles. The molecule has 2 aromatic rings. The van der Waals surface area contributed by atoms with Crippen molar-refractivity contribution in [2.75, 3.05) is 12.4 Å². The molecule has 0 aliphatic heterocycles. The first kappa shape index (κ1) is 11.2. The second-order valence-electron chi connectivity index (χ2n) is 3.55. The first-order valence-electron chi connectivity index (χ1n) is 5.20. The van der Waals surface area contributed by atoms with Gasteiger partial charge in [-0.1, -0.05) is 12.1 Å². The van der Waals surface area contributed by atoms with Gasteiger partial charge < -0.3 is 10.1 Å². The molecule has 0 aliphatic rings. The number of anilines is 1. The van der Waals surface area contributed by atoms with Crippen LogP contribution < -0.4 is 10.1 Å². The number of carbonyl (C=O) groups is 1. The summed E-state index contributed by atoms with van der Waals surface area (Å²) in [5.74, 6) is 1.25. The molecular formula is C12H13N3O2. The lowest BCUT2D eigenvalue weighted by Crippen LogP contribution is -2.14. The quantitative estimate of drug-likeness (QED) is 0.839. The number of carbonyl (C=O) groups excluding carboxylic acids is 1. The third-order valence-corrected chi connectivity index (χ3v) is 2.27. The number of ether oxygens (including phenoxy) is 1. The van der Waals surface area contributed by atoms with Crippen molar-refractivity contribution in [1.82, 2.24) is 10.2 Å². The van der Waals surface area contributed by atoms with Gasteiger partial charge in [0.1, 0.15) is 11.6 Å². The Bertz CT molecular complexity index is 494. The van der Waals surface area contributed by atoms with Crippen LogP contribution in [0.3, 0.4) is 0 Å². The molecule has 1 aromatic carbocycles. The Kier molecular flexibility index (Phi) is 3.40. The Hall–Kier alpha value is -2.30. The van der Waals surface area contributed by atoms with E-state index in [1.54, 1.807) is 19.4 Å². The van der Waals surface area contributed by atoms with Crippen LogP contribution >= 0.6 is 0 Å². The average molecular weight is 231 g/mol. The Balaban J connectivity index is 1.98. The molecule has 0 spiro atoms.